The highest BCUT2D eigenvalue weighted by atomic mass is 16.4. The molecule has 1 aliphatic rings. The van der Waals surface area contributed by atoms with Crippen molar-refractivity contribution in [1.29, 1.82) is 0 Å². The van der Waals surface area contributed by atoms with Crippen LogP contribution < -0.4 is 0 Å². The Balaban J connectivity index is 2.08. The molecule has 2 heterocycles. The van der Waals surface area contributed by atoms with Crippen LogP contribution >= 0.6 is 0 Å². The van der Waals surface area contributed by atoms with Crippen molar-refractivity contribution in [2.75, 3.05) is 6.54 Å². The fourth-order valence-corrected chi connectivity index (χ4v) is 2.21. The van der Waals surface area contributed by atoms with E-state index in [-0.39, 0.29) is 18.0 Å². The highest BCUT2D eigenvalue weighted by molar-refractivity contribution is 5.88. The molecule has 2 rings (SSSR count). The number of nitrogens with zero attached hydrogens (tertiary/aromatic N) is 1. The molecule has 0 saturated carbocycles. The molecule has 1 aromatic heterocycles. The Morgan fingerprint density at radius 2 is 2.11 bits per heavy atom. The number of likely N-dealkylation sites (tertiary alicyclic amines) is 1. The number of carbonyl (C=O) groups excluding carboxylic acids is 1. The molecule has 0 aliphatic carbocycles. The quantitative estimate of drug-likeness (QED) is 0.894. The largest absolute Gasteiger partial charge is 0.478 e. The first kappa shape index (κ1) is 12.7. The summed E-state index contributed by atoms with van der Waals surface area (Å²) in [6, 6.07) is 1.42. The molecule has 1 aliphatic heterocycles. The van der Waals surface area contributed by atoms with E-state index in [9.17, 15) is 9.59 Å². The summed E-state index contributed by atoms with van der Waals surface area (Å²) in [7, 11) is 0. The topological polar surface area (TPSA) is 70.8 Å². The number of aromatic carboxylic acids is 1. The molecular weight excluding hydrogens is 234 g/mol. The second kappa shape index (κ2) is 5.71. The fourth-order valence-electron chi connectivity index (χ4n) is 2.21. The summed E-state index contributed by atoms with van der Waals surface area (Å²) < 4.78 is 5.17. The van der Waals surface area contributed by atoms with Crippen LogP contribution in [0.2, 0.25) is 0 Å². The standard InChI is InChI=1S/C13H17NO4/c15-12-5-3-1-2-4-7-14(12)9-11-10(13(16)17)6-8-18-11/h6,8H,1-5,7,9H2,(H,16,17). The summed E-state index contributed by atoms with van der Waals surface area (Å²) >= 11 is 0. The van der Waals surface area contributed by atoms with E-state index in [0.717, 1.165) is 25.7 Å². The number of carboxylic acid groups (broad SMARTS) is 1. The molecule has 5 nitrogen and oxygen atoms in total. The number of carbonyl (C=O) groups is 2. The summed E-state index contributed by atoms with van der Waals surface area (Å²) in [5, 5.41) is 8.99. The van der Waals surface area contributed by atoms with Crippen molar-refractivity contribution in [3.8, 4) is 0 Å². The molecule has 1 N–H and O–H groups in total. The maximum atomic E-state index is 11.9. The van der Waals surface area contributed by atoms with Crippen molar-refractivity contribution in [2.45, 2.75) is 38.6 Å². The van der Waals surface area contributed by atoms with Crippen molar-refractivity contribution in [2.24, 2.45) is 0 Å². The molecule has 1 saturated heterocycles. The summed E-state index contributed by atoms with van der Waals surface area (Å²) in [6.07, 6.45) is 6.00. The predicted octanol–water partition coefficient (Wildman–Crippen LogP) is 2.27. The Morgan fingerprint density at radius 3 is 2.89 bits per heavy atom. The zero-order chi connectivity index (χ0) is 13.0. The van der Waals surface area contributed by atoms with E-state index in [0.29, 0.717) is 18.7 Å². The molecule has 1 fully saturated rings. The molecule has 18 heavy (non-hydrogen) atoms. The van der Waals surface area contributed by atoms with Crippen LogP contribution in [0.15, 0.2) is 16.7 Å². The summed E-state index contributed by atoms with van der Waals surface area (Å²) in [4.78, 5) is 24.6. The Morgan fingerprint density at radius 1 is 1.33 bits per heavy atom. The Kier molecular flexibility index (Phi) is 4.02. The lowest BCUT2D eigenvalue weighted by Crippen LogP contribution is -2.32. The summed E-state index contributed by atoms with van der Waals surface area (Å²) in [5.74, 6) is -0.572. The summed E-state index contributed by atoms with van der Waals surface area (Å²) in [6.45, 7) is 0.937. The van der Waals surface area contributed by atoms with E-state index in [1.807, 2.05) is 0 Å². The van der Waals surface area contributed by atoms with Crippen LogP contribution in [0.1, 0.15) is 48.2 Å². The smallest absolute Gasteiger partial charge is 0.339 e. The van der Waals surface area contributed by atoms with Crippen LogP contribution in [-0.2, 0) is 11.3 Å². The van der Waals surface area contributed by atoms with Gasteiger partial charge >= 0.3 is 5.97 Å². The van der Waals surface area contributed by atoms with Crippen molar-refractivity contribution in [3.63, 3.8) is 0 Å². The third-order valence-electron chi connectivity index (χ3n) is 3.23. The second-order valence-electron chi connectivity index (χ2n) is 4.54. The van der Waals surface area contributed by atoms with Crippen molar-refractivity contribution in [3.05, 3.63) is 23.7 Å². The van der Waals surface area contributed by atoms with Crippen molar-refractivity contribution in [1.82, 2.24) is 4.90 Å². The molecule has 0 bridgehead atoms. The van der Waals surface area contributed by atoms with Crippen LogP contribution in [0.5, 0.6) is 0 Å². The average Bonchev–Trinajstić information content (AvgIpc) is 2.77. The molecule has 1 amide bonds. The minimum Gasteiger partial charge on any atom is -0.478 e. The lowest BCUT2D eigenvalue weighted by Gasteiger charge is -2.24. The van der Waals surface area contributed by atoms with Gasteiger partial charge in [0.15, 0.2) is 0 Å². The van der Waals surface area contributed by atoms with Gasteiger partial charge in [-0.1, -0.05) is 12.8 Å². The Hall–Kier alpha value is -1.78. The summed E-state index contributed by atoms with van der Waals surface area (Å²) in [5.41, 5.74) is 0.143. The third kappa shape index (κ3) is 2.91. The molecule has 0 radical (unpaired) electrons. The van der Waals surface area contributed by atoms with Gasteiger partial charge in [0.05, 0.1) is 12.8 Å². The van der Waals surface area contributed by atoms with Gasteiger partial charge in [0.25, 0.3) is 0 Å². The van der Waals surface area contributed by atoms with Gasteiger partial charge in [0.2, 0.25) is 5.91 Å². The highest BCUT2D eigenvalue weighted by Gasteiger charge is 2.20. The van der Waals surface area contributed by atoms with Crippen LogP contribution in [0.4, 0.5) is 0 Å². The van der Waals surface area contributed by atoms with Gasteiger partial charge in [-0.3, -0.25) is 4.79 Å². The molecule has 5 heteroatoms. The Bertz CT molecular complexity index is 438. The maximum absolute atomic E-state index is 11.9. The highest BCUT2D eigenvalue weighted by Crippen LogP contribution is 2.17. The van der Waals surface area contributed by atoms with E-state index in [2.05, 4.69) is 0 Å². The zero-order valence-electron chi connectivity index (χ0n) is 10.2. The molecule has 0 aromatic carbocycles. The number of hydrogen-bond donors (Lipinski definition) is 1. The van der Waals surface area contributed by atoms with Crippen LogP contribution in [0.3, 0.4) is 0 Å². The fraction of sp³-hybridized carbons (Fsp3) is 0.538. The first-order chi connectivity index (χ1) is 8.68. The predicted molar refractivity (Wildman–Crippen MR) is 64.2 cm³/mol. The normalized spacial score (nSPS) is 17.3. The Labute approximate surface area is 105 Å². The minimum atomic E-state index is -1.02. The first-order valence-electron chi connectivity index (χ1n) is 6.26. The van der Waals surface area contributed by atoms with Gasteiger partial charge in [-0.15, -0.1) is 0 Å². The average molecular weight is 251 g/mol. The SMILES string of the molecule is O=C(O)c1ccoc1CN1CCCCCCC1=O. The van der Waals surface area contributed by atoms with Gasteiger partial charge in [-0.2, -0.15) is 0 Å². The van der Waals surface area contributed by atoms with Crippen LogP contribution in [0.25, 0.3) is 0 Å². The van der Waals surface area contributed by atoms with Crippen LogP contribution in [-0.4, -0.2) is 28.4 Å². The van der Waals surface area contributed by atoms with Crippen molar-refractivity contribution >= 4 is 11.9 Å². The number of rotatable bonds is 3. The van der Waals surface area contributed by atoms with Gasteiger partial charge in [-0.05, 0) is 18.9 Å². The number of furan rings is 1. The van der Waals surface area contributed by atoms with E-state index >= 15 is 0 Å². The van der Waals surface area contributed by atoms with Gasteiger partial charge < -0.3 is 14.4 Å². The lowest BCUT2D eigenvalue weighted by molar-refractivity contribution is -0.132. The third-order valence-corrected chi connectivity index (χ3v) is 3.23. The van der Waals surface area contributed by atoms with E-state index < -0.39 is 5.97 Å². The van der Waals surface area contributed by atoms with E-state index in [4.69, 9.17) is 9.52 Å². The van der Waals surface area contributed by atoms with Crippen molar-refractivity contribution < 1.29 is 19.1 Å². The second-order valence-corrected chi connectivity index (χ2v) is 4.54. The molecular formula is C13H17NO4. The zero-order valence-corrected chi connectivity index (χ0v) is 10.2. The number of carboxylic acids is 1. The lowest BCUT2D eigenvalue weighted by atomic mass is 10.1. The van der Waals surface area contributed by atoms with Gasteiger partial charge in [-0.25, -0.2) is 4.79 Å². The molecule has 0 spiro atoms. The minimum absolute atomic E-state index is 0.0856. The molecule has 0 unspecified atom stereocenters. The van der Waals surface area contributed by atoms with E-state index in [1.165, 1.54) is 12.3 Å². The van der Waals surface area contributed by atoms with E-state index in [1.54, 1.807) is 4.90 Å². The van der Waals surface area contributed by atoms with Crippen LogP contribution in [0, 0.1) is 0 Å². The molecule has 1 aromatic rings. The number of amides is 1. The number of hydrogen-bond acceptors (Lipinski definition) is 3. The monoisotopic (exact) mass is 251 g/mol. The maximum Gasteiger partial charge on any atom is 0.339 e. The molecule has 98 valence electrons. The van der Waals surface area contributed by atoms with Gasteiger partial charge in [0, 0.05) is 13.0 Å². The van der Waals surface area contributed by atoms with Gasteiger partial charge in [0.1, 0.15) is 11.3 Å². The molecule has 0 atom stereocenters. The first-order valence-corrected chi connectivity index (χ1v) is 6.26.